The first-order valence-corrected chi connectivity index (χ1v) is 8.22. The highest BCUT2D eigenvalue weighted by atomic mass is 79.9. The zero-order chi connectivity index (χ0) is 17.7. The Morgan fingerprint density at radius 2 is 1.75 bits per heavy atom. The number of hydrogen-bond donors (Lipinski definition) is 2. The molecule has 2 aromatic rings. The van der Waals surface area contributed by atoms with E-state index in [9.17, 15) is 9.59 Å². The van der Waals surface area contributed by atoms with E-state index < -0.39 is 11.8 Å². The highest BCUT2D eigenvalue weighted by Gasteiger charge is 2.18. The van der Waals surface area contributed by atoms with E-state index >= 15 is 0 Å². The van der Waals surface area contributed by atoms with Gasteiger partial charge in [0, 0.05) is 10.2 Å². The second-order valence-electron chi connectivity index (χ2n) is 5.38. The zero-order valence-electron chi connectivity index (χ0n) is 13.7. The Morgan fingerprint density at radius 1 is 1.08 bits per heavy atom. The highest BCUT2D eigenvalue weighted by Crippen LogP contribution is 2.20. The summed E-state index contributed by atoms with van der Waals surface area (Å²) in [7, 11) is 1.59. The number of carbonyl (C=O) groups excluding carboxylic acids is 2. The second-order valence-corrected chi connectivity index (χ2v) is 6.30. The molecule has 1 atom stereocenters. The van der Waals surface area contributed by atoms with Gasteiger partial charge in [0.05, 0.1) is 13.2 Å². The van der Waals surface area contributed by atoms with Gasteiger partial charge in [0.1, 0.15) is 5.75 Å². The number of anilines is 1. The van der Waals surface area contributed by atoms with E-state index in [1.807, 2.05) is 44.2 Å². The van der Waals surface area contributed by atoms with Crippen LogP contribution in [0.15, 0.2) is 46.9 Å². The molecule has 2 amide bonds. The van der Waals surface area contributed by atoms with Gasteiger partial charge in [-0.25, -0.2) is 0 Å². The summed E-state index contributed by atoms with van der Waals surface area (Å²) < 4.78 is 6.01. The third-order valence-corrected chi connectivity index (χ3v) is 4.10. The minimum Gasteiger partial charge on any atom is -0.497 e. The lowest BCUT2D eigenvalue weighted by Crippen LogP contribution is -2.37. The van der Waals surface area contributed by atoms with Crippen LogP contribution in [0.4, 0.5) is 5.69 Å². The quantitative estimate of drug-likeness (QED) is 0.783. The molecule has 0 saturated carbocycles. The first kappa shape index (κ1) is 18.0. The van der Waals surface area contributed by atoms with Crippen molar-refractivity contribution in [2.24, 2.45) is 0 Å². The molecule has 0 spiro atoms. The van der Waals surface area contributed by atoms with Gasteiger partial charge in [0.2, 0.25) is 0 Å². The van der Waals surface area contributed by atoms with Crippen molar-refractivity contribution in [2.45, 2.75) is 19.9 Å². The molecule has 0 radical (unpaired) electrons. The Bertz CT molecular complexity index is 744. The third-order valence-electron chi connectivity index (χ3n) is 3.61. The number of nitrogens with one attached hydrogen (secondary N) is 2. The Kier molecular flexibility index (Phi) is 5.98. The molecule has 5 nitrogen and oxygen atoms in total. The summed E-state index contributed by atoms with van der Waals surface area (Å²) in [4.78, 5) is 24.1. The largest absolute Gasteiger partial charge is 0.497 e. The number of methoxy groups -OCH3 is 1. The molecule has 0 heterocycles. The summed E-state index contributed by atoms with van der Waals surface area (Å²) in [6.07, 6.45) is 0. The average Bonchev–Trinajstić information content (AvgIpc) is 2.57. The van der Waals surface area contributed by atoms with Crippen molar-refractivity contribution < 1.29 is 14.3 Å². The summed E-state index contributed by atoms with van der Waals surface area (Å²) >= 11 is 3.36. The van der Waals surface area contributed by atoms with Crippen molar-refractivity contribution in [3.05, 3.63) is 58.1 Å². The Labute approximate surface area is 149 Å². The maximum atomic E-state index is 12.1. The molecule has 0 fully saturated rings. The SMILES string of the molecule is COc1ccc(C(C)NC(=O)C(=O)Nc2ccc(Br)cc2C)cc1. The molecule has 0 aliphatic carbocycles. The summed E-state index contributed by atoms with van der Waals surface area (Å²) in [5.41, 5.74) is 2.36. The van der Waals surface area contributed by atoms with E-state index in [0.29, 0.717) is 5.69 Å². The standard InChI is InChI=1S/C18H19BrN2O3/c1-11-10-14(19)6-9-16(11)21-18(23)17(22)20-12(2)13-4-7-15(24-3)8-5-13/h4-10,12H,1-3H3,(H,20,22)(H,21,23). The number of benzene rings is 2. The first-order valence-electron chi connectivity index (χ1n) is 7.42. The number of halogens is 1. The smallest absolute Gasteiger partial charge is 0.313 e. The third kappa shape index (κ3) is 4.58. The van der Waals surface area contributed by atoms with Crippen molar-refractivity contribution in [1.82, 2.24) is 5.32 Å². The number of aryl methyl sites for hydroxylation is 1. The van der Waals surface area contributed by atoms with Gasteiger partial charge in [-0.2, -0.15) is 0 Å². The summed E-state index contributed by atoms with van der Waals surface area (Å²) in [6.45, 7) is 3.68. The number of hydrogen-bond acceptors (Lipinski definition) is 3. The molecular weight excluding hydrogens is 372 g/mol. The number of amides is 2. The predicted molar refractivity (Wildman–Crippen MR) is 97.1 cm³/mol. The minimum atomic E-state index is -0.694. The van der Waals surface area contributed by atoms with Gasteiger partial charge < -0.3 is 15.4 Å². The lowest BCUT2D eigenvalue weighted by Gasteiger charge is -2.15. The van der Waals surface area contributed by atoms with Crippen LogP contribution in [0.5, 0.6) is 5.75 Å². The van der Waals surface area contributed by atoms with E-state index in [1.165, 1.54) is 0 Å². The Morgan fingerprint density at radius 3 is 2.33 bits per heavy atom. The van der Waals surface area contributed by atoms with Crippen molar-refractivity contribution >= 4 is 33.4 Å². The van der Waals surface area contributed by atoms with Gasteiger partial charge in [-0.1, -0.05) is 28.1 Å². The molecule has 2 N–H and O–H groups in total. The van der Waals surface area contributed by atoms with Crippen LogP contribution in [0.3, 0.4) is 0 Å². The second kappa shape index (κ2) is 7.97. The zero-order valence-corrected chi connectivity index (χ0v) is 15.3. The summed E-state index contributed by atoms with van der Waals surface area (Å²) in [5.74, 6) is -0.637. The van der Waals surface area contributed by atoms with E-state index in [0.717, 1.165) is 21.3 Å². The first-order chi connectivity index (χ1) is 11.4. The fraction of sp³-hybridized carbons (Fsp3) is 0.222. The molecule has 126 valence electrons. The Balaban J connectivity index is 1.98. The van der Waals surface area contributed by atoms with E-state index in [-0.39, 0.29) is 6.04 Å². The van der Waals surface area contributed by atoms with Crippen LogP contribution in [0.2, 0.25) is 0 Å². The molecule has 2 aromatic carbocycles. The van der Waals surface area contributed by atoms with Gasteiger partial charge in [-0.3, -0.25) is 9.59 Å². The van der Waals surface area contributed by atoms with Crippen LogP contribution in [0.25, 0.3) is 0 Å². The van der Waals surface area contributed by atoms with Crippen LogP contribution in [-0.2, 0) is 9.59 Å². The van der Waals surface area contributed by atoms with Crippen molar-refractivity contribution in [3.63, 3.8) is 0 Å². The van der Waals surface area contributed by atoms with E-state index in [2.05, 4.69) is 26.6 Å². The molecule has 0 aromatic heterocycles. The fourth-order valence-electron chi connectivity index (χ4n) is 2.18. The van der Waals surface area contributed by atoms with Crippen molar-refractivity contribution in [2.75, 3.05) is 12.4 Å². The molecule has 0 aliphatic heterocycles. The van der Waals surface area contributed by atoms with Crippen LogP contribution in [-0.4, -0.2) is 18.9 Å². The molecule has 0 bridgehead atoms. The van der Waals surface area contributed by atoms with Crippen molar-refractivity contribution in [1.29, 1.82) is 0 Å². The van der Waals surface area contributed by atoms with Crippen LogP contribution >= 0.6 is 15.9 Å². The summed E-state index contributed by atoms with van der Waals surface area (Å²) in [5, 5.41) is 5.30. The lowest BCUT2D eigenvalue weighted by atomic mass is 10.1. The van der Waals surface area contributed by atoms with Gasteiger partial charge in [-0.05, 0) is 55.3 Å². The molecule has 24 heavy (non-hydrogen) atoms. The van der Waals surface area contributed by atoms with Gasteiger partial charge in [0.25, 0.3) is 0 Å². The van der Waals surface area contributed by atoms with Crippen LogP contribution in [0, 0.1) is 6.92 Å². The van der Waals surface area contributed by atoms with E-state index in [1.54, 1.807) is 19.2 Å². The Hall–Kier alpha value is -2.34. The maximum Gasteiger partial charge on any atom is 0.313 e. The van der Waals surface area contributed by atoms with Crippen molar-refractivity contribution in [3.8, 4) is 5.75 Å². The summed E-state index contributed by atoms with van der Waals surface area (Å²) in [6, 6.07) is 12.4. The molecule has 0 aliphatic rings. The van der Waals surface area contributed by atoms with Gasteiger partial charge in [-0.15, -0.1) is 0 Å². The minimum absolute atomic E-state index is 0.292. The average molecular weight is 391 g/mol. The molecule has 0 saturated heterocycles. The number of carbonyl (C=O) groups is 2. The van der Waals surface area contributed by atoms with E-state index in [4.69, 9.17) is 4.74 Å². The molecule has 1 unspecified atom stereocenters. The molecule has 2 rings (SSSR count). The molecule has 6 heteroatoms. The highest BCUT2D eigenvalue weighted by molar-refractivity contribution is 9.10. The number of ether oxygens (including phenoxy) is 1. The topological polar surface area (TPSA) is 67.4 Å². The maximum absolute atomic E-state index is 12.1. The van der Waals surface area contributed by atoms with Crippen LogP contribution in [0.1, 0.15) is 24.1 Å². The predicted octanol–water partition coefficient (Wildman–Crippen LogP) is 3.58. The van der Waals surface area contributed by atoms with Crippen LogP contribution < -0.4 is 15.4 Å². The fourth-order valence-corrected chi connectivity index (χ4v) is 2.66. The number of rotatable bonds is 4. The lowest BCUT2D eigenvalue weighted by molar-refractivity contribution is -0.136. The van der Waals surface area contributed by atoms with Gasteiger partial charge >= 0.3 is 11.8 Å². The van der Waals surface area contributed by atoms with Gasteiger partial charge in [0.15, 0.2) is 0 Å². The monoisotopic (exact) mass is 390 g/mol. The normalized spacial score (nSPS) is 11.5. The molecular formula is C18H19BrN2O3.